The molecule has 9 rings (SSSR count). The van der Waals surface area contributed by atoms with Crippen molar-refractivity contribution in [2.24, 2.45) is 0 Å². The highest BCUT2D eigenvalue weighted by molar-refractivity contribution is 6.21. The van der Waals surface area contributed by atoms with E-state index in [0.717, 1.165) is 65.8 Å². The van der Waals surface area contributed by atoms with Crippen LogP contribution in [0.2, 0.25) is 0 Å². The molecule has 0 amide bonds. The fourth-order valence-corrected chi connectivity index (χ4v) is 5.57. The number of rotatable bonds is 2. The van der Waals surface area contributed by atoms with Gasteiger partial charge in [-0.05, 0) is 54.6 Å². The fraction of sp³-hybridized carbons (Fsp3) is 0. The molecule has 0 N–H and O–H groups in total. The lowest BCUT2D eigenvalue weighted by Gasteiger charge is -2.09. The minimum absolute atomic E-state index is 0.484. The van der Waals surface area contributed by atoms with Gasteiger partial charge in [-0.3, -0.25) is 19.9 Å². The Bertz CT molecular complexity index is 2300. The highest BCUT2D eigenvalue weighted by Gasteiger charge is 2.17. The van der Waals surface area contributed by atoms with Crippen molar-refractivity contribution in [1.82, 2.24) is 50.3 Å². The Kier molecular flexibility index (Phi) is 4.67. The van der Waals surface area contributed by atoms with E-state index in [9.17, 15) is 0 Å². The Balaban J connectivity index is 1.23. The molecule has 10 nitrogen and oxygen atoms in total. The predicted octanol–water partition coefficient (Wildman–Crippen LogP) is 5.89. The molecular formula is C32H16N10. The lowest BCUT2D eigenvalue weighted by molar-refractivity contribution is 1.03. The molecule has 0 saturated carbocycles. The van der Waals surface area contributed by atoms with Crippen LogP contribution in [-0.2, 0) is 0 Å². The van der Waals surface area contributed by atoms with Crippen molar-refractivity contribution in [3.8, 4) is 22.8 Å². The van der Waals surface area contributed by atoms with Gasteiger partial charge < -0.3 is 0 Å². The molecule has 9 aromatic rings. The van der Waals surface area contributed by atoms with Crippen molar-refractivity contribution in [1.29, 1.82) is 0 Å². The Morgan fingerprint density at radius 1 is 0.333 bits per heavy atom. The predicted molar refractivity (Wildman–Crippen MR) is 160 cm³/mol. The Morgan fingerprint density at radius 2 is 0.714 bits per heavy atom. The molecule has 0 radical (unpaired) electrons. The van der Waals surface area contributed by atoms with Crippen molar-refractivity contribution in [2.45, 2.75) is 0 Å². The molecule has 0 saturated heterocycles. The van der Waals surface area contributed by atoms with E-state index in [0.29, 0.717) is 22.7 Å². The van der Waals surface area contributed by atoms with Gasteiger partial charge in [-0.2, -0.15) is 0 Å². The van der Waals surface area contributed by atoms with Gasteiger partial charge >= 0.3 is 0 Å². The zero-order valence-corrected chi connectivity index (χ0v) is 21.7. The number of hydrogen-bond donors (Lipinski definition) is 0. The van der Waals surface area contributed by atoms with Crippen LogP contribution in [0.15, 0.2) is 97.6 Å². The lowest BCUT2D eigenvalue weighted by Crippen LogP contribution is -1.99. The zero-order chi connectivity index (χ0) is 27.6. The fourth-order valence-electron chi connectivity index (χ4n) is 5.57. The maximum atomic E-state index is 4.97. The molecular weight excluding hydrogens is 524 g/mol. The largest absolute Gasteiger partial charge is 0.254 e. The molecule has 0 unspecified atom stereocenters. The summed E-state index contributed by atoms with van der Waals surface area (Å²) in [5.74, 6) is 0.969. The summed E-state index contributed by atoms with van der Waals surface area (Å²) in [6.45, 7) is 0. The summed E-state index contributed by atoms with van der Waals surface area (Å²) in [5, 5.41) is 21.7. The summed E-state index contributed by atoms with van der Waals surface area (Å²) in [4.78, 5) is 28.3. The smallest absolute Gasteiger partial charge is 0.182 e. The van der Waals surface area contributed by atoms with Crippen molar-refractivity contribution in [3.63, 3.8) is 0 Å². The van der Waals surface area contributed by atoms with Crippen molar-refractivity contribution < 1.29 is 0 Å². The molecule has 0 aliphatic heterocycles. The van der Waals surface area contributed by atoms with E-state index in [1.807, 2.05) is 72.8 Å². The molecule has 10 heteroatoms. The van der Waals surface area contributed by atoms with Gasteiger partial charge in [0, 0.05) is 57.5 Å². The standard InChI is InChI=1S/C32H16N10/c1-6-17(31-37-27-19-8-2-12-33-23(19)25-21(10-4-14-35-25)29(27)39-41-31)16-18(7-1)32-38-28-20-9-3-13-34-24(20)26-22(11-5-15-36-26)30(28)40-42-32/h1-16H. The van der Waals surface area contributed by atoms with E-state index in [1.54, 1.807) is 24.8 Å². The average Bonchev–Trinajstić information content (AvgIpc) is 3.08. The topological polar surface area (TPSA) is 129 Å². The summed E-state index contributed by atoms with van der Waals surface area (Å²) in [5.41, 5.74) is 7.48. The van der Waals surface area contributed by atoms with Crippen LogP contribution in [0.3, 0.4) is 0 Å². The third-order valence-electron chi connectivity index (χ3n) is 7.45. The first-order chi connectivity index (χ1) is 20.8. The van der Waals surface area contributed by atoms with Gasteiger partial charge in [-0.15, -0.1) is 20.4 Å². The van der Waals surface area contributed by atoms with E-state index >= 15 is 0 Å². The van der Waals surface area contributed by atoms with Crippen LogP contribution < -0.4 is 0 Å². The number of aromatic nitrogens is 10. The van der Waals surface area contributed by atoms with Crippen LogP contribution in [0.4, 0.5) is 0 Å². The minimum Gasteiger partial charge on any atom is -0.254 e. The monoisotopic (exact) mass is 540 g/mol. The molecule has 0 bridgehead atoms. The molecule has 42 heavy (non-hydrogen) atoms. The SMILES string of the molecule is c1cc(-c2nnc3c4cccnc4c4ncccc4c3n2)cc(-c2nnc3c4cccnc4c4ncccc4c3n2)c1. The molecule has 0 aliphatic carbocycles. The molecule has 0 spiro atoms. The number of fused-ring (bicyclic) bond motifs is 12. The van der Waals surface area contributed by atoms with Crippen molar-refractivity contribution in [3.05, 3.63) is 97.6 Å². The van der Waals surface area contributed by atoms with Gasteiger partial charge in [0.05, 0.1) is 22.1 Å². The zero-order valence-electron chi connectivity index (χ0n) is 21.7. The quantitative estimate of drug-likeness (QED) is 0.245. The van der Waals surface area contributed by atoms with E-state index in [2.05, 4.69) is 40.3 Å². The molecule has 0 aliphatic rings. The van der Waals surface area contributed by atoms with Crippen molar-refractivity contribution >= 4 is 65.7 Å². The van der Waals surface area contributed by atoms with Gasteiger partial charge in [-0.1, -0.05) is 18.2 Å². The normalized spacial score (nSPS) is 11.8. The molecule has 3 aromatic carbocycles. The second-order valence-electron chi connectivity index (χ2n) is 9.84. The summed E-state index contributed by atoms with van der Waals surface area (Å²) in [6, 6.07) is 23.2. The minimum atomic E-state index is 0.484. The molecule has 0 atom stereocenters. The van der Waals surface area contributed by atoms with Crippen LogP contribution in [0.5, 0.6) is 0 Å². The second kappa shape index (κ2) is 8.67. The maximum absolute atomic E-state index is 4.97. The van der Waals surface area contributed by atoms with E-state index < -0.39 is 0 Å². The highest BCUT2D eigenvalue weighted by atomic mass is 15.2. The number of benzene rings is 3. The lowest BCUT2D eigenvalue weighted by atomic mass is 10.1. The van der Waals surface area contributed by atoms with Gasteiger partial charge in [0.25, 0.3) is 0 Å². The molecule has 194 valence electrons. The van der Waals surface area contributed by atoms with Gasteiger partial charge in [-0.25, -0.2) is 9.97 Å². The number of nitrogens with zero attached hydrogens (tertiary/aromatic N) is 10. The second-order valence-corrected chi connectivity index (χ2v) is 9.84. The van der Waals surface area contributed by atoms with Gasteiger partial charge in [0.2, 0.25) is 0 Å². The van der Waals surface area contributed by atoms with E-state index in [4.69, 9.17) is 9.97 Å². The summed E-state index contributed by atoms with van der Waals surface area (Å²) in [6.07, 6.45) is 7.03. The Morgan fingerprint density at radius 3 is 1.12 bits per heavy atom. The van der Waals surface area contributed by atoms with Crippen LogP contribution in [0, 0.1) is 0 Å². The van der Waals surface area contributed by atoms with Gasteiger partial charge in [0.1, 0.15) is 22.1 Å². The average molecular weight is 541 g/mol. The third-order valence-corrected chi connectivity index (χ3v) is 7.45. The Hall–Kier alpha value is -6.16. The number of pyridine rings is 4. The maximum Gasteiger partial charge on any atom is 0.182 e. The van der Waals surface area contributed by atoms with Gasteiger partial charge in [0.15, 0.2) is 11.6 Å². The first-order valence-electron chi connectivity index (χ1n) is 13.3. The van der Waals surface area contributed by atoms with Crippen LogP contribution in [-0.4, -0.2) is 50.3 Å². The summed E-state index contributed by atoms with van der Waals surface area (Å²) >= 11 is 0. The summed E-state index contributed by atoms with van der Waals surface area (Å²) in [7, 11) is 0. The van der Waals surface area contributed by atoms with E-state index in [1.165, 1.54) is 0 Å². The van der Waals surface area contributed by atoms with Crippen LogP contribution in [0.1, 0.15) is 0 Å². The van der Waals surface area contributed by atoms with Crippen molar-refractivity contribution in [2.75, 3.05) is 0 Å². The highest BCUT2D eigenvalue weighted by Crippen LogP contribution is 2.33. The molecule has 6 aromatic heterocycles. The van der Waals surface area contributed by atoms with Crippen LogP contribution in [0.25, 0.3) is 88.5 Å². The summed E-state index contributed by atoms with van der Waals surface area (Å²) < 4.78 is 0. The number of hydrogen-bond acceptors (Lipinski definition) is 10. The molecule has 0 fully saturated rings. The first kappa shape index (κ1) is 22.6. The first-order valence-corrected chi connectivity index (χ1v) is 13.3. The van der Waals surface area contributed by atoms with E-state index in [-0.39, 0.29) is 0 Å². The Labute approximate surface area is 236 Å². The third kappa shape index (κ3) is 3.26. The van der Waals surface area contributed by atoms with Crippen LogP contribution >= 0.6 is 0 Å². The molecule has 6 heterocycles.